The Labute approximate surface area is 191 Å². The number of amides is 1. The standard InChI is InChI=1S/C22H21F3N6OS/c1-30(9-6-22(23,24)25)21(32)13-2-3-16-17(10-13)33-20-18(16)19(26-12-27-20)29-14-5-8-31-15(11-14)4-7-28-31/h4-5,7-8,11-13H,2-3,6,9-10H2,1H3,(H,26,27,29)/t13-/m0/s1. The number of aryl methyl sites for hydroxylation is 1. The summed E-state index contributed by atoms with van der Waals surface area (Å²) >= 11 is 1.52. The highest BCUT2D eigenvalue weighted by Crippen LogP contribution is 2.40. The summed E-state index contributed by atoms with van der Waals surface area (Å²) in [6.45, 7) is -0.320. The summed E-state index contributed by atoms with van der Waals surface area (Å²) in [6.07, 6.45) is 1.59. The average molecular weight is 475 g/mol. The second-order valence-electron chi connectivity index (χ2n) is 8.21. The van der Waals surface area contributed by atoms with Gasteiger partial charge in [0.25, 0.3) is 0 Å². The highest BCUT2D eigenvalue weighted by molar-refractivity contribution is 7.19. The molecule has 1 amide bonds. The zero-order chi connectivity index (χ0) is 23.2. The van der Waals surface area contributed by atoms with Crippen molar-refractivity contribution < 1.29 is 18.0 Å². The van der Waals surface area contributed by atoms with Gasteiger partial charge < -0.3 is 10.2 Å². The highest BCUT2D eigenvalue weighted by Gasteiger charge is 2.33. The van der Waals surface area contributed by atoms with Crippen molar-refractivity contribution in [2.24, 2.45) is 5.92 Å². The molecule has 11 heteroatoms. The van der Waals surface area contributed by atoms with Gasteiger partial charge in [0, 0.05) is 42.5 Å². The zero-order valence-electron chi connectivity index (χ0n) is 17.8. The summed E-state index contributed by atoms with van der Waals surface area (Å²) in [6, 6.07) is 5.81. The molecule has 0 radical (unpaired) electrons. The summed E-state index contributed by atoms with van der Waals surface area (Å²) in [4.78, 5) is 24.7. The van der Waals surface area contributed by atoms with Gasteiger partial charge in [-0.1, -0.05) is 0 Å². The molecule has 1 atom stereocenters. The number of thiophene rings is 1. The van der Waals surface area contributed by atoms with Gasteiger partial charge in [0.1, 0.15) is 17.0 Å². The van der Waals surface area contributed by atoms with Gasteiger partial charge in [-0.15, -0.1) is 11.3 Å². The number of fused-ring (bicyclic) bond motifs is 4. The SMILES string of the molecule is CN(CCC(F)(F)F)C(=O)[C@H]1CCc2c(sc3ncnc(Nc4ccn5nccc5c4)c23)C1. The van der Waals surface area contributed by atoms with E-state index < -0.39 is 12.6 Å². The molecule has 33 heavy (non-hydrogen) atoms. The molecule has 5 rings (SSSR count). The van der Waals surface area contributed by atoms with Gasteiger partial charge in [0.05, 0.1) is 17.3 Å². The Morgan fingerprint density at radius 3 is 3.00 bits per heavy atom. The number of nitrogens with zero attached hydrogens (tertiary/aromatic N) is 5. The summed E-state index contributed by atoms with van der Waals surface area (Å²) in [5.74, 6) is 0.145. The number of hydrogen-bond donors (Lipinski definition) is 1. The number of pyridine rings is 1. The van der Waals surface area contributed by atoms with Crippen LogP contribution in [-0.4, -0.2) is 50.2 Å². The van der Waals surface area contributed by atoms with Crippen LogP contribution in [0.2, 0.25) is 0 Å². The molecule has 172 valence electrons. The van der Waals surface area contributed by atoms with Crippen LogP contribution in [0, 0.1) is 5.92 Å². The van der Waals surface area contributed by atoms with Crippen LogP contribution in [-0.2, 0) is 17.6 Å². The Kier molecular flexibility index (Phi) is 5.43. The van der Waals surface area contributed by atoms with E-state index in [4.69, 9.17) is 0 Å². The second-order valence-corrected chi connectivity index (χ2v) is 9.30. The zero-order valence-corrected chi connectivity index (χ0v) is 18.6. The monoisotopic (exact) mass is 474 g/mol. The number of aromatic nitrogens is 4. The van der Waals surface area contributed by atoms with Gasteiger partial charge >= 0.3 is 6.18 Å². The molecular formula is C22H21F3N6OS. The van der Waals surface area contributed by atoms with Crippen LogP contribution in [0.5, 0.6) is 0 Å². The average Bonchev–Trinajstić information content (AvgIpc) is 3.40. The first-order valence-corrected chi connectivity index (χ1v) is 11.4. The second kappa shape index (κ2) is 8.29. The summed E-state index contributed by atoms with van der Waals surface area (Å²) in [7, 11) is 1.44. The van der Waals surface area contributed by atoms with Crippen molar-refractivity contribution in [1.29, 1.82) is 0 Å². The van der Waals surface area contributed by atoms with Gasteiger partial charge in [-0.2, -0.15) is 18.3 Å². The first kappa shape index (κ1) is 21.6. The number of hydrogen-bond acceptors (Lipinski definition) is 6. The van der Waals surface area contributed by atoms with Crippen LogP contribution in [0.1, 0.15) is 23.3 Å². The summed E-state index contributed by atoms with van der Waals surface area (Å²) in [5, 5.41) is 8.53. The maximum atomic E-state index is 12.7. The van der Waals surface area contributed by atoms with Crippen LogP contribution in [0.25, 0.3) is 15.7 Å². The van der Waals surface area contributed by atoms with Crippen molar-refractivity contribution in [2.75, 3.05) is 18.9 Å². The van der Waals surface area contributed by atoms with Crippen LogP contribution in [0.3, 0.4) is 0 Å². The molecule has 4 aromatic heterocycles. The molecule has 4 aromatic rings. The number of rotatable bonds is 5. The Hall–Kier alpha value is -3.21. The highest BCUT2D eigenvalue weighted by atomic mass is 32.1. The molecule has 0 spiro atoms. The number of nitrogens with one attached hydrogen (secondary N) is 1. The van der Waals surface area contributed by atoms with Crippen LogP contribution < -0.4 is 5.32 Å². The number of anilines is 2. The molecule has 1 aliphatic rings. The molecule has 1 N–H and O–H groups in total. The maximum absolute atomic E-state index is 12.7. The Bertz CT molecular complexity index is 1330. The molecular weight excluding hydrogens is 453 g/mol. The van der Waals surface area contributed by atoms with Crippen molar-refractivity contribution >= 4 is 44.5 Å². The summed E-state index contributed by atoms with van der Waals surface area (Å²) in [5.41, 5.74) is 2.94. The number of alkyl halides is 3. The molecule has 0 saturated heterocycles. The molecule has 0 bridgehead atoms. The van der Waals surface area contributed by atoms with E-state index in [1.807, 2.05) is 24.4 Å². The van der Waals surface area contributed by atoms with Gasteiger partial charge in [-0.05, 0) is 43.0 Å². The van der Waals surface area contributed by atoms with E-state index in [1.165, 1.54) is 29.6 Å². The lowest BCUT2D eigenvalue weighted by molar-refractivity contribution is -0.146. The van der Waals surface area contributed by atoms with E-state index >= 15 is 0 Å². The molecule has 7 nitrogen and oxygen atoms in total. The van der Waals surface area contributed by atoms with Crippen molar-refractivity contribution in [3.05, 3.63) is 47.4 Å². The lowest BCUT2D eigenvalue weighted by atomic mass is 9.87. The minimum atomic E-state index is -4.27. The fourth-order valence-electron chi connectivity index (χ4n) is 4.27. The molecule has 4 heterocycles. The maximum Gasteiger partial charge on any atom is 0.390 e. The predicted molar refractivity (Wildman–Crippen MR) is 120 cm³/mol. The van der Waals surface area contributed by atoms with E-state index in [0.717, 1.165) is 31.9 Å². The molecule has 0 saturated carbocycles. The molecule has 0 fully saturated rings. The Morgan fingerprint density at radius 1 is 1.33 bits per heavy atom. The van der Waals surface area contributed by atoms with Crippen molar-refractivity contribution in [3.63, 3.8) is 0 Å². The number of halogens is 3. The van der Waals surface area contributed by atoms with E-state index in [0.29, 0.717) is 25.1 Å². The molecule has 0 aliphatic heterocycles. The molecule has 1 aliphatic carbocycles. The van der Waals surface area contributed by atoms with Crippen LogP contribution >= 0.6 is 11.3 Å². The van der Waals surface area contributed by atoms with Crippen LogP contribution in [0.4, 0.5) is 24.7 Å². The first-order valence-electron chi connectivity index (χ1n) is 10.6. The third-order valence-electron chi connectivity index (χ3n) is 5.96. The number of carbonyl (C=O) groups is 1. The molecule has 0 unspecified atom stereocenters. The van der Waals surface area contributed by atoms with Gasteiger partial charge in [-0.3, -0.25) is 4.79 Å². The van der Waals surface area contributed by atoms with E-state index in [-0.39, 0.29) is 18.4 Å². The van der Waals surface area contributed by atoms with E-state index in [9.17, 15) is 18.0 Å². The third-order valence-corrected chi connectivity index (χ3v) is 7.13. The van der Waals surface area contributed by atoms with Crippen molar-refractivity contribution in [3.8, 4) is 0 Å². The topological polar surface area (TPSA) is 75.4 Å². The Morgan fingerprint density at radius 2 is 2.18 bits per heavy atom. The summed E-state index contributed by atoms with van der Waals surface area (Å²) < 4.78 is 39.4. The predicted octanol–water partition coefficient (Wildman–Crippen LogP) is 4.60. The normalized spacial score (nSPS) is 16.2. The lowest BCUT2D eigenvalue weighted by Crippen LogP contribution is -2.37. The van der Waals surface area contributed by atoms with Gasteiger partial charge in [0.15, 0.2) is 0 Å². The molecule has 0 aromatic carbocycles. The lowest BCUT2D eigenvalue weighted by Gasteiger charge is -2.27. The van der Waals surface area contributed by atoms with Gasteiger partial charge in [-0.25, -0.2) is 14.5 Å². The minimum Gasteiger partial charge on any atom is -0.345 e. The first-order chi connectivity index (χ1) is 15.8. The van der Waals surface area contributed by atoms with Gasteiger partial charge in [0.2, 0.25) is 5.91 Å². The third kappa shape index (κ3) is 4.37. The van der Waals surface area contributed by atoms with E-state index in [2.05, 4.69) is 20.4 Å². The van der Waals surface area contributed by atoms with Crippen molar-refractivity contribution in [1.82, 2.24) is 24.5 Å². The Balaban J connectivity index is 1.37. The van der Waals surface area contributed by atoms with E-state index in [1.54, 1.807) is 10.7 Å². The fraction of sp³-hybridized carbons (Fsp3) is 0.364. The minimum absolute atomic E-state index is 0.235. The largest absolute Gasteiger partial charge is 0.390 e. The quantitative estimate of drug-likeness (QED) is 0.458. The number of carbonyl (C=O) groups excluding carboxylic acids is 1. The van der Waals surface area contributed by atoms with Crippen LogP contribution in [0.15, 0.2) is 36.9 Å². The fourth-order valence-corrected chi connectivity index (χ4v) is 5.54. The van der Waals surface area contributed by atoms with Crippen molar-refractivity contribution in [2.45, 2.75) is 31.9 Å². The smallest absolute Gasteiger partial charge is 0.345 e.